The number of rotatable bonds is 3. The van der Waals surface area contributed by atoms with Crippen molar-refractivity contribution in [3.8, 4) is 0 Å². The Bertz CT molecular complexity index is 673. The summed E-state index contributed by atoms with van der Waals surface area (Å²) < 4.78 is 5.44. The molecular formula is C20H29N3O3. The summed E-state index contributed by atoms with van der Waals surface area (Å²) in [5.74, 6) is 0.0946. The number of hydrogen-bond acceptors (Lipinski definition) is 4. The zero-order valence-electron chi connectivity index (χ0n) is 15.9. The van der Waals surface area contributed by atoms with Crippen LogP contribution in [-0.4, -0.2) is 41.6 Å². The Kier molecular flexibility index (Phi) is 5.51. The Hall–Kier alpha value is -2.08. The van der Waals surface area contributed by atoms with E-state index >= 15 is 0 Å². The minimum absolute atomic E-state index is 0.0946. The first kappa shape index (κ1) is 18.7. The summed E-state index contributed by atoms with van der Waals surface area (Å²) in [6, 6.07) is 6.69. The number of aryl methyl sites for hydroxylation is 1. The minimum atomic E-state index is -0.450. The molecule has 2 aliphatic rings. The molecule has 0 aromatic heterocycles. The number of nitrogens with one attached hydrogen (secondary N) is 2. The standard InChI is InChI=1S/C20H29N3O3/c1-20(2,3)26-19(25)23-10-8-16(9-11-23)21-13-14-4-5-15-6-7-18(24)22-17(15)12-14/h4-5,12,16,21H,6-11,13H2,1-3H3,(H,22,24). The molecule has 0 radical (unpaired) electrons. The molecule has 1 aromatic carbocycles. The smallest absolute Gasteiger partial charge is 0.410 e. The fourth-order valence-corrected chi connectivity index (χ4v) is 3.38. The maximum atomic E-state index is 12.1. The van der Waals surface area contributed by atoms with Gasteiger partial charge in [-0.05, 0) is 57.2 Å². The third-order valence-corrected chi connectivity index (χ3v) is 4.81. The fraction of sp³-hybridized carbons (Fsp3) is 0.600. The average molecular weight is 359 g/mol. The Morgan fingerprint density at radius 1 is 1.27 bits per heavy atom. The molecular weight excluding hydrogens is 330 g/mol. The summed E-state index contributed by atoms with van der Waals surface area (Å²) in [5.41, 5.74) is 2.87. The lowest BCUT2D eigenvalue weighted by Crippen LogP contribution is -2.46. The molecule has 2 amide bonds. The van der Waals surface area contributed by atoms with Crippen molar-refractivity contribution < 1.29 is 14.3 Å². The second-order valence-electron chi connectivity index (χ2n) is 8.16. The third kappa shape index (κ3) is 4.97. The van der Waals surface area contributed by atoms with Crippen LogP contribution >= 0.6 is 0 Å². The van der Waals surface area contributed by atoms with Crippen LogP contribution in [0.2, 0.25) is 0 Å². The van der Waals surface area contributed by atoms with E-state index in [1.54, 1.807) is 4.90 Å². The number of benzene rings is 1. The van der Waals surface area contributed by atoms with Gasteiger partial charge >= 0.3 is 6.09 Å². The number of likely N-dealkylation sites (tertiary alicyclic amines) is 1. The fourth-order valence-electron chi connectivity index (χ4n) is 3.38. The van der Waals surface area contributed by atoms with Gasteiger partial charge in [-0.3, -0.25) is 4.79 Å². The zero-order valence-corrected chi connectivity index (χ0v) is 15.9. The molecule has 1 aromatic rings. The number of nitrogens with zero attached hydrogens (tertiary/aromatic N) is 1. The lowest BCUT2D eigenvalue weighted by Gasteiger charge is -2.33. The second-order valence-corrected chi connectivity index (χ2v) is 8.16. The second kappa shape index (κ2) is 7.66. The topological polar surface area (TPSA) is 70.7 Å². The van der Waals surface area contributed by atoms with Gasteiger partial charge < -0.3 is 20.3 Å². The zero-order chi connectivity index (χ0) is 18.7. The number of carbonyl (C=O) groups excluding carboxylic acids is 2. The maximum absolute atomic E-state index is 12.1. The van der Waals surface area contributed by atoms with Crippen molar-refractivity contribution in [3.05, 3.63) is 29.3 Å². The quantitative estimate of drug-likeness (QED) is 0.870. The van der Waals surface area contributed by atoms with Crippen molar-refractivity contribution >= 4 is 17.7 Å². The van der Waals surface area contributed by atoms with Gasteiger partial charge in [0.25, 0.3) is 0 Å². The van der Waals surface area contributed by atoms with E-state index in [1.807, 2.05) is 20.8 Å². The summed E-state index contributed by atoms with van der Waals surface area (Å²) in [6.07, 6.45) is 3.00. The van der Waals surface area contributed by atoms with Crippen LogP contribution in [0.3, 0.4) is 0 Å². The lowest BCUT2D eigenvalue weighted by atomic mass is 10.00. The van der Waals surface area contributed by atoms with Crippen LogP contribution in [0.25, 0.3) is 0 Å². The number of anilines is 1. The summed E-state index contributed by atoms with van der Waals surface area (Å²) in [6.45, 7) is 7.86. The largest absolute Gasteiger partial charge is 0.444 e. The van der Waals surface area contributed by atoms with Gasteiger partial charge in [0.15, 0.2) is 0 Å². The van der Waals surface area contributed by atoms with Gasteiger partial charge in [-0.1, -0.05) is 12.1 Å². The Balaban J connectivity index is 1.46. The van der Waals surface area contributed by atoms with E-state index in [0.717, 1.165) is 31.5 Å². The van der Waals surface area contributed by atoms with Crippen LogP contribution < -0.4 is 10.6 Å². The molecule has 0 unspecified atom stereocenters. The maximum Gasteiger partial charge on any atom is 0.410 e. The number of ether oxygens (including phenoxy) is 1. The molecule has 0 bridgehead atoms. The highest BCUT2D eigenvalue weighted by Gasteiger charge is 2.26. The summed E-state index contributed by atoms with van der Waals surface area (Å²) in [7, 11) is 0. The molecule has 2 aliphatic heterocycles. The Labute approximate surface area is 155 Å². The monoisotopic (exact) mass is 359 g/mol. The first-order chi connectivity index (χ1) is 12.3. The summed E-state index contributed by atoms with van der Waals surface area (Å²) in [5, 5.41) is 6.52. The first-order valence-electron chi connectivity index (χ1n) is 9.43. The molecule has 3 rings (SSSR count). The highest BCUT2D eigenvalue weighted by Crippen LogP contribution is 2.24. The van der Waals surface area contributed by atoms with Crippen LogP contribution in [0.1, 0.15) is 51.2 Å². The van der Waals surface area contributed by atoms with Crippen molar-refractivity contribution in [1.29, 1.82) is 0 Å². The predicted octanol–water partition coefficient (Wildman–Crippen LogP) is 3.06. The molecule has 1 fully saturated rings. The predicted molar refractivity (Wildman–Crippen MR) is 101 cm³/mol. The number of amides is 2. The van der Waals surface area contributed by atoms with Gasteiger partial charge in [0.1, 0.15) is 5.60 Å². The van der Waals surface area contributed by atoms with Crippen LogP contribution in [0.4, 0.5) is 10.5 Å². The molecule has 26 heavy (non-hydrogen) atoms. The number of hydrogen-bond donors (Lipinski definition) is 2. The minimum Gasteiger partial charge on any atom is -0.444 e. The molecule has 0 spiro atoms. The van der Waals surface area contributed by atoms with Gasteiger partial charge in [-0.15, -0.1) is 0 Å². The van der Waals surface area contributed by atoms with Gasteiger partial charge in [0, 0.05) is 37.8 Å². The van der Waals surface area contributed by atoms with E-state index in [-0.39, 0.29) is 12.0 Å². The number of carbonyl (C=O) groups is 2. The van der Waals surface area contributed by atoms with Crippen molar-refractivity contribution in [3.63, 3.8) is 0 Å². The van der Waals surface area contributed by atoms with E-state index < -0.39 is 5.60 Å². The lowest BCUT2D eigenvalue weighted by molar-refractivity contribution is -0.116. The van der Waals surface area contributed by atoms with Crippen molar-refractivity contribution in [2.24, 2.45) is 0 Å². The van der Waals surface area contributed by atoms with E-state index in [1.165, 1.54) is 11.1 Å². The molecule has 2 heterocycles. The molecule has 2 N–H and O–H groups in total. The van der Waals surface area contributed by atoms with E-state index in [2.05, 4.69) is 28.8 Å². The van der Waals surface area contributed by atoms with Gasteiger partial charge in [0.05, 0.1) is 0 Å². The Morgan fingerprint density at radius 3 is 2.69 bits per heavy atom. The summed E-state index contributed by atoms with van der Waals surface area (Å²) in [4.78, 5) is 25.4. The normalized spacial score (nSPS) is 18.3. The van der Waals surface area contributed by atoms with E-state index in [0.29, 0.717) is 25.6 Å². The van der Waals surface area contributed by atoms with Crippen molar-refractivity contribution in [1.82, 2.24) is 10.2 Å². The molecule has 1 saturated heterocycles. The molecule has 0 aliphatic carbocycles. The molecule has 142 valence electrons. The number of fused-ring (bicyclic) bond motifs is 1. The number of piperidine rings is 1. The third-order valence-electron chi connectivity index (χ3n) is 4.81. The average Bonchev–Trinajstić information content (AvgIpc) is 2.58. The van der Waals surface area contributed by atoms with Crippen molar-refractivity contribution in [2.75, 3.05) is 18.4 Å². The molecule has 0 saturated carbocycles. The van der Waals surface area contributed by atoms with Gasteiger partial charge in [-0.2, -0.15) is 0 Å². The van der Waals surface area contributed by atoms with Crippen LogP contribution in [0, 0.1) is 0 Å². The Morgan fingerprint density at radius 2 is 2.00 bits per heavy atom. The van der Waals surface area contributed by atoms with Crippen LogP contribution in [0.5, 0.6) is 0 Å². The van der Waals surface area contributed by atoms with Crippen molar-refractivity contribution in [2.45, 2.75) is 64.6 Å². The highest BCUT2D eigenvalue weighted by atomic mass is 16.6. The van der Waals surface area contributed by atoms with Gasteiger partial charge in [0.2, 0.25) is 5.91 Å². The molecule has 6 heteroatoms. The van der Waals surface area contributed by atoms with Crippen LogP contribution in [0.15, 0.2) is 18.2 Å². The van der Waals surface area contributed by atoms with E-state index in [9.17, 15) is 9.59 Å². The van der Waals surface area contributed by atoms with E-state index in [4.69, 9.17) is 4.74 Å². The SMILES string of the molecule is CC(C)(C)OC(=O)N1CCC(NCc2ccc3c(c2)NC(=O)CC3)CC1. The highest BCUT2D eigenvalue weighted by molar-refractivity contribution is 5.93. The van der Waals surface area contributed by atoms with Gasteiger partial charge in [-0.25, -0.2) is 4.79 Å². The molecule has 6 nitrogen and oxygen atoms in total. The van der Waals surface area contributed by atoms with Crippen LogP contribution in [-0.2, 0) is 22.5 Å². The first-order valence-corrected chi connectivity index (χ1v) is 9.43. The molecule has 0 atom stereocenters. The summed E-state index contributed by atoms with van der Waals surface area (Å²) >= 11 is 0.